The van der Waals surface area contributed by atoms with E-state index >= 15 is 0 Å². The number of benzene rings is 6. The molecule has 0 saturated heterocycles. The smallest absolute Gasteiger partial charge is 0.196 e. The Labute approximate surface area is 243 Å². The molecular weight excluding hydrogens is 522 g/mol. The molecule has 0 aromatic heterocycles. The Morgan fingerprint density at radius 3 is 1.85 bits per heavy atom. The average molecular weight is 546 g/mol. The zero-order valence-corrected chi connectivity index (χ0v) is 22.8. The third kappa shape index (κ3) is 3.03. The summed E-state index contributed by atoms with van der Waals surface area (Å²) >= 11 is 6.12. The Balaban J connectivity index is 1.24. The summed E-state index contributed by atoms with van der Waals surface area (Å²) in [5.41, 5.74) is 14.7. The third-order valence-electron chi connectivity index (χ3n) is 9.02. The summed E-state index contributed by atoms with van der Waals surface area (Å²) in [5.74, 6) is 0.859. The Morgan fingerprint density at radius 2 is 1.15 bits per heavy atom. The highest BCUT2D eigenvalue weighted by Crippen LogP contribution is 2.64. The molecule has 6 aromatic rings. The van der Waals surface area contributed by atoms with E-state index in [0.717, 1.165) is 27.6 Å². The molecule has 41 heavy (non-hydrogen) atoms. The van der Waals surface area contributed by atoms with Crippen LogP contribution in [0.15, 0.2) is 133 Å². The normalized spacial score (nSPS) is 16.3. The molecule has 6 aromatic carbocycles. The molecule has 3 aliphatic rings. The maximum atomic E-state index is 6.42. The molecule has 1 N–H and O–H groups in total. The molecule has 3 heteroatoms. The van der Waals surface area contributed by atoms with E-state index in [1.807, 2.05) is 24.3 Å². The van der Waals surface area contributed by atoms with Crippen LogP contribution in [0.2, 0.25) is 5.02 Å². The molecule has 0 fully saturated rings. The molecule has 0 saturated carbocycles. The maximum Gasteiger partial charge on any atom is 0.196 e. The van der Waals surface area contributed by atoms with Crippen LogP contribution in [-0.4, -0.2) is 0 Å². The van der Waals surface area contributed by atoms with Crippen molar-refractivity contribution in [1.82, 2.24) is 0 Å². The maximum absolute atomic E-state index is 6.42. The van der Waals surface area contributed by atoms with Gasteiger partial charge in [-0.3, -0.25) is 0 Å². The minimum absolute atomic E-state index is 0.241. The first-order chi connectivity index (χ1) is 20.2. The molecule has 1 aliphatic heterocycles. The van der Waals surface area contributed by atoms with Gasteiger partial charge in [0.2, 0.25) is 0 Å². The van der Waals surface area contributed by atoms with E-state index in [0.29, 0.717) is 0 Å². The molecular formula is C38H24ClNO. The number of nitrogens with one attached hydrogen (secondary N) is 1. The van der Waals surface area contributed by atoms with E-state index in [4.69, 9.17) is 16.3 Å². The van der Waals surface area contributed by atoms with Crippen LogP contribution >= 0.6 is 11.6 Å². The summed E-state index contributed by atoms with van der Waals surface area (Å²) in [6, 6.07) is 47.9. The van der Waals surface area contributed by atoms with Crippen molar-refractivity contribution < 1.29 is 4.74 Å². The highest BCUT2D eigenvalue weighted by molar-refractivity contribution is 6.30. The van der Waals surface area contributed by atoms with Crippen LogP contribution < -0.4 is 10.1 Å². The van der Waals surface area contributed by atoms with Gasteiger partial charge in [0.25, 0.3) is 0 Å². The molecule has 2 nitrogen and oxygen atoms in total. The first-order valence-corrected chi connectivity index (χ1v) is 14.4. The molecule has 2 aliphatic carbocycles. The van der Waals surface area contributed by atoms with Crippen LogP contribution in [-0.2, 0) is 5.41 Å². The zero-order valence-electron chi connectivity index (χ0n) is 22.1. The van der Waals surface area contributed by atoms with Gasteiger partial charge in [-0.05, 0) is 79.9 Å². The van der Waals surface area contributed by atoms with Crippen LogP contribution in [0.1, 0.15) is 34.0 Å². The summed E-state index contributed by atoms with van der Waals surface area (Å²) in [7, 11) is 0. The van der Waals surface area contributed by atoms with Crippen LogP contribution in [0.5, 0.6) is 5.75 Å². The summed E-state index contributed by atoms with van der Waals surface area (Å²) in [6.07, 6.45) is -0.241. The predicted molar refractivity (Wildman–Crippen MR) is 167 cm³/mol. The first-order valence-electron chi connectivity index (χ1n) is 14.0. The van der Waals surface area contributed by atoms with Gasteiger partial charge < -0.3 is 10.1 Å². The van der Waals surface area contributed by atoms with Crippen LogP contribution in [0.3, 0.4) is 0 Å². The van der Waals surface area contributed by atoms with E-state index in [-0.39, 0.29) is 11.6 Å². The number of ether oxygens (including phenoxy) is 1. The lowest BCUT2D eigenvalue weighted by molar-refractivity contribution is 0.260. The fourth-order valence-electron chi connectivity index (χ4n) is 7.38. The number of fused-ring (bicyclic) bond motifs is 11. The van der Waals surface area contributed by atoms with E-state index in [1.54, 1.807) is 0 Å². The molecule has 1 heterocycles. The van der Waals surface area contributed by atoms with Gasteiger partial charge in [0.1, 0.15) is 5.75 Å². The second-order valence-corrected chi connectivity index (χ2v) is 11.5. The van der Waals surface area contributed by atoms with Crippen LogP contribution in [0.25, 0.3) is 33.4 Å². The van der Waals surface area contributed by atoms with Crippen molar-refractivity contribution in [3.05, 3.63) is 166 Å². The monoisotopic (exact) mass is 545 g/mol. The minimum atomic E-state index is -0.344. The molecule has 0 amide bonds. The van der Waals surface area contributed by atoms with Crippen molar-refractivity contribution >= 4 is 17.3 Å². The lowest BCUT2D eigenvalue weighted by atomic mass is 9.70. The van der Waals surface area contributed by atoms with Crippen molar-refractivity contribution in [2.75, 3.05) is 5.32 Å². The molecule has 0 radical (unpaired) electrons. The number of rotatable bonds is 2. The van der Waals surface area contributed by atoms with Gasteiger partial charge >= 0.3 is 0 Å². The largest absolute Gasteiger partial charge is 0.464 e. The lowest BCUT2D eigenvalue weighted by Gasteiger charge is -2.30. The average Bonchev–Trinajstić information content (AvgIpc) is 3.68. The van der Waals surface area contributed by atoms with Crippen molar-refractivity contribution in [3.63, 3.8) is 0 Å². The molecule has 1 spiro atoms. The third-order valence-corrected chi connectivity index (χ3v) is 9.27. The van der Waals surface area contributed by atoms with Crippen LogP contribution in [0.4, 0.5) is 5.69 Å². The summed E-state index contributed by atoms with van der Waals surface area (Å²) < 4.78 is 6.42. The van der Waals surface area contributed by atoms with Gasteiger partial charge in [0.05, 0.1) is 11.1 Å². The highest BCUT2D eigenvalue weighted by atomic mass is 35.5. The molecule has 1 unspecified atom stereocenters. The fraction of sp³-hybridized carbons (Fsp3) is 0.0526. The number of anilines is 1. The number of hydrogen-bond donors (Lipinski definition) is 1. The summed E-state index contributed by atoms with van der Waals surface area (Å²) in [4.78, 5) is 0. The van der Waals surface area contributed by atoms with E-state index in [9.17, 15) is 0 Å². The summed E-state index contributed by atoms with van der Waals surface area (Å²) in [5, 5.41) is 4.23. The van der Waals surface area contributed by atoms with Crippen LogP contribution in [0, 0.1) is 0 Å². The van der Waals surface area contributed by atoms with Gasteiger partial charge in [-0.15, -0.1) is 0 Å². The van der Waals surface area contributed by atoms with Gasteiger partial charge in [-0.1, -0.05) is 121 Å². The molecule has 0 bridgehead atoms. The topological polar surface area (TPSA) is 21.3 Å². The predicted octanol–water partition coefficient (Wildman–Crippen LogP) is 9.85. The minimum Gasteiger partial charge on any atom is -0.464 e. The lowest BCUT2D eigenvalue weighted by Crippen LogP contribution is -2.25. The SMILES string of the molecule is Clc1ccc(C2Nc3ccc(-c4cccc5c4-c4ccccc4C54c5ccccc5-c5ccccc54)cc3O2)cc1. The van der Waals surface area contributed by atoms with Crippen molar-refractivity contribution in [2.24, 2.45) is 0 Å². The molecule has 194 valence electrons. The fourth-order valence-corrected chi connectivity index (χ4v) is 7.50. The Kier molecular flexibility index (Phi) is 4.68. The Morgan fingerprint density at radius 1 is 0.561 bits per heavy atom. The second kappa shape index (κ2) is 8.36. The first kappa shape index (κ1) is 23.0. The van der Waals surface area contributed by atoms with Gasteiger partial charge in [0, 0.05) is 10.6 Å². The van der Waals surface area contributed by atoms with Crippen molar-refractivity contribution in [2.45, 2.75) is 11.6 Å². The summed E-state index contributed by atoms with van der Waals surface area (Å²) in [6.45, 7) is 0. The Hall–Kier alpha value is -4.79. The van der Waals surface area contributed by atoms with Crippen molar-refractivity contribution in [3.8, 4) is 39.1 Å². The second-order valence-electron chi connectivity index (χ2n) is 11.0. The Bertz CT molecular complexity index is 1980. The number of hydrogen-bond acceptors (Lipinski definition) is 2. The van der Waals surface area contributed by atoms with Gasteiger partial charge in [-0.25, -0.2) is 0 Å². The molecule has 1 atom stereocenters. The zero-order chi connectivity index (χ0) is 27.1. The van der Waals surface area contributed by atoms with Crippen molar-refractivity contribution in [1.29, 1.82) is 0 Å². The van der Waals surface area contributed by atoms with Gasteiger partial charge in [-0.2, -0.15) is 0 Å². The standard InChI is InChI=1S/C38H24ClNO/c39-25-19-16-23(17-20-25)37-40-34-21-18-24(22-35(34)41-37)26-11-7-15-33-36(26)29-10-3-6-14-32(29)38(33)30-12-4-1-8-27(30)28-9-2-5-13-31(28)38/h1-22,37,40H. The molecule has 9 rings (SSSR count). The van der Waals surface area contributed by atoms with E-state index in [2.05, 4.69) is 115 Å². The highest BCUT2D eigenvalue weighted by Gasteiger charge is 2.51. The number of halogens is 1. The van der Waals surface area contributed by atoms with E-state index in [1.165, 1.54) is 50.1 Å². The van der Waals surface area contributed by atoms with E-state index < -0.39 is 0 Å². The quantitative estimate of drug-likeness (QED) is 0.233. The van der Waals surface area contributed by atoms with Gasteiger partial charge in [0.15, 0.2) is 6.23 Å².